The zero-order valence-corrected chi connectivity index (χ0v) is 8.61. The fourth-order valence-corrected chi connectivity index (χ4v) is 1.71. The maximum absolute atomic E-state index is 5.91. The summed E-state index contributed by atoms with van der Waals surface area (Å²) < 4.78 is 0. The Labute approximate surface area is 89.3 Å². The van der Waals surface area contributed by atoms with E-state index in [1.807, 2.05) is 24.3 Å². The molecule has 1 heterocycles. The number of hydrogen-bond donors (Lipinski definition) is 0. The first-order valence-electron chi connectivity index (χ1n) is 4.66. The van der Waals surface area contributed by atoms with Crippen molar-refractivity contribution in [3.8, 4) is 0 Å². The van der Waals surface area contributed by atoms with Gasteiger partial charge in [0.25, 0.3) is 0 Å². The molecule has 1 aromatic carbocycles. The Kier molecular flexibility index (Phi) is 2.90. The van der Waals surface area contributed by atoms with Crippen LogP contribution in [0.2, 0.25) is 5.02 Å². The lowest BCUT2D eigenvalue weighted by Gasteiger charge is -2.20. The number of rotatable bonds is 2. The summed E-state index contributed by atoms with van der Waals surface area (Å²) in [6.45, 7) is 1.89. The third-order valence-corrected chi connectivity index (χ3v) is 2.39. The predicted octanol–water partition coefficient (Wildman–Crippen LogP) is 3.23. The van der Waals surface area contributed by atoms with Crippen LogP contribution in [-0.4, -0.2) is 11.4 Å². The first-order valence-corrected chi connectivity index (χ1v) is 5.04. The molecular weight excluding hydrogens is 194 g/mol. The minimum Gasteiger partial charge on any atom is -0.369 e. The Morgan fingerprint density at radius 3 is 2.93 bits per heavy atom. The molecule has 2 heteroatoms. The molecule has 14 heavy (non-hydrogen) atoms. The molecule has 1 aromatic rings. The zero-order chi connectivity index (χ0) is 9.80. The number of halogens is 1. The van der Waals surface area contributed by atoms with E-state index in [4.69, 9.17) is 11.6 Å². The Morgan fingerprint density at radius 1 is 1.29 bits per heavy atom. The van der Waals surface area contributed by atoms with Crippen molar-refractivity contribution in [1.82, 2.24) is 4.90 Å². The number of nitrogens with zero attached hydrogens (tertiary/aromatic N) is 1. The molecule has 2 rings (SSSR count). The molecule has 0 spiro atoms. The predicted molar refractivity (Wildman–Crippen MR) is 60.1 cm³/mol. The Balaban J connectivity index is 2.04. The van der Waals surface area contributed by atoms with Crippen LogP contribution in [-0.2, 0) is 6.54 Å². The maximum atomic E-state index is 5.91. The molecule has 1 nitrogen and oxygen atoms in total. The fourth-order valence-electron chi connectivity index (χ4n) is 1.49. The highest BCUT2D eigenvalue weighted by Gasteiger charge is 2.01. The van der Waals surface area contributed by atoms with Gasteiger partial charge in [-0.05, 0) is 30.0 Å². The lowest BCUT2D eigenvalue weighted by atomic mass is 10.2. The lowest BCUT2D eigenvalue weighted by Crippen LogP contribution is -2.17. The van der Waals surface area contributed by atoms with Crippen molar-refractivity contribution in [2.24, 2.45) is 0 Å². The third kappa shape index (κ3) is 2.39. The summed E-state index contributed by atoms with van der Waals surface area (Å²) in [4.78, 5) is 2.24. The van der Waals surface area contributed by atoms with E-state index in [2.05, 4.69) is 29.3 Å². The normalized spacial score (nSPS) is 14.8. The largest absolute Gasteiger partial charge is 0.369 e. The second-order valence-corrected chi connectivity index (χ2v) is 3.77. The molecule has 1 aliphatic rings. The van der Waals surface area contributed by atoms with E-state index in [0.29, 0.717) is 0 Å². The minimum atomic E-state index is 0.805. The second-order valence-electron chi connectivity index (χ2n) is 3.33. The van der Waals surface area contributed by atoms with Gasteiger partial charge < -0.3 is 4.90 Å². The van der Waals surface area contributed by atoms with Crippen LogP contribution in [0.4, 0.5) is 0 Å². The number of hydrogen-bond acceptors (Lipinski definition) is 1. The van der Waals surface area contributed by atoms with Crippen molar-refractivity contribution in [2.75, 3.05) is 6.54 Å². The van der Waals surface area contributed by atoms with Gasteiger partial charge in [0.1, 0.15) is 0 Å². The lowest BCUT2D eigenvalue weighted by molar-refractivity contribution is 0.405. The van der Waals surface area contributed by atoms with E-state index >= 15 is 0 Å². The maximum Gasteiger partial charge on any atom is 0.0428 e. The molecule has 1 aliphatic heterocycles. The van der Waals surface area contributed by atoms with E-state index in [-0.39, 0.29) is 0 Å². The van der Waals surface area contributed by atoms with Crippen molar-refractivity contribution in [2.45, 2.75) is 6.54 Å². The van der Waals surface area contributed by atoms with Crippen LogP contribution in [0.25, 0.3) is 0 Å². The minimum absolute atomic E-state index is 0.805. The summed E-state index contributed by atoms with van der Waals surface area (Å²) in [5.74, 6) is 0. The SMILES string of the molecule is Clc1cccc(CN2C=CC=CC2)c1. The van der Waals surface area contributed by atoms with Gasteiger partial charge >= 0.3 is 0 Å². The summed E-state index contributed by atoms with van der Waals surface area (Å²) in [7, 11) is 0. The second kappa shape index (κ2) is 4.34. The molecule has 0 saturated carbocycles. The molecule has 0 aliphatic carbocycles. The van der Waals surface area contributed by atoms with E-state index in [1.165, 1.54) is 5.56 Å². The van der Waals surface area contributed by atoms with Gasteiger partial charge in [-0.3, -0.25) is 0 Å². The van der Waals surface area contributed by atoms with Gasteiger partial charge in [-0.2, -0.15) is 0 Å². The topological polar surface area (TPSA) is 3.24 Å². The molecule has 0 fully saturated rings. The van der Waals surface area contributed by atoms with Gasteiger partial charge in [-0.25, -0.2) is 0 Å². The quantitative estimate of drug-likeness (QED) is 0.717. The van der Waals surface area contributed by atoms with Crippen LogP contribution < -0.4 is 0 Å². The van der Waals surface area contributed by atoms with Crippen molar-refractivity contribution in [1.29, 1.82) is 0 Å². The average Bonchev–Trinajstić information content (AvgIpc) is 2.19. The van der Waals surface area contributed by atoms with Gasteiger partial charge in [0.15, 0.2) is 0 Å². The molecule has 0 aromatic heterocycles. The molecular formula is C12H12ClN. The molecule has 72 valence electrons. The standard InChI is InChI=1S/C12H12ClN/c13-12-6-4-5-11(9-12)10-14-7-2-1-3-8-14/h1-7,9H,8,10H2. The highest BCUT2D eigenvalue weighted by atomic mass is 35.5. The molecule has 0 amide bonds. The van der Waals surface area contributed by atoms with Crippen molar-refractivity contribution in [3.63, 3.8) is 0 Å². The van der Waals surface area contributed by atoms with Crippen LogP contribution >= 0.6 is 11.6 Å². The summed E-state index contributed by atoms with van der Waals surface area (Å²) in [5.41, 5.74) is 1.25. The summed E-state index contributed by atoms with van der Waals surface area (Å²) in [6, 6.07) is 7.99. The molecule has 0 bridgehead atoms. The van der Waals surface area contributed by atoms with Gasteiger partial charge in [-0.1, -0.05) is 35.9 Å². The highest BCUT2D eigenvalue weighted by molar-refractivity contribution is 6.30. The van der Waals surface area contributed by atoms with Crippen LogP contribution in [0.1, 0.15) is 5.56 Å². The van der Waals surface area contributed by atoms with Crippen LogP contribution in [0.3, 0.4) is 0 Å². The fraction of sp³-hybridized carbons (Fsp3) is 0.167. The van der Waals surface area contributed by atoms with E-state index in [0.717, 1.165) is 18.1 Å². The van der Waals surface area contributed by atoms with E-state index in [1.54, 1.807) is 0 Å². The smallest absolute Gasteiger partial charge is 0.0428 e. The van der Waals surface area contributed by atoms with Crippen molar-refractivity contribution in [3.05, 3.63) is 59.3 Å². The highest BCUT2D eigenvalue weighted by Crippen LogP contribution is 2.13. The summed E-state index contributed by atoms with van der Waals surface area (Å²) in [6.07, 6.45) is 8.36. The number of benzene rings is 1. The first-order chi connectivity index (χ1) is 6.84. The van der Waals surface area contributed by atoms with Crippen molar-refractivity contribution < 1.29 is 0 Å². The summed E-state index contributed by atoms with van der Waals surface area (Å²) in [5, 5.41) is 0.805. The molecule has 0 atom stereocenters. The van der Waals surface area contributed by atoms with E-state index in [9.17, 15) is 0 Å². The van der Waals surface area contributed by atoms with Crippen LogP contribution in [0, 0.1) is 0 Å². The molecule has 0 radical (unpaired) electrons. The van der Waals surface area contributed by atoms with Gasteiger partial charge in [-0.15, -0.1) is 0 Å². The Morgan fingerprint density at radius 2 is 2.21 bits per heavy atom. The number of allylic oxidation sites excluding steroid dienone is 2. The molecule has 0 unspecified atom stereocenters. The zero-order valence-electron chi connectivity index (χ0n) is 7.86. The van der Waals surface area contributed by atoms with Gasteiger partial charge in [0.2, 0.25) is 0 Å². The summed E-state index contributed by atoms with van der Waals surface area (Å²) >= 11 is 5.91. The first kappa shape index (κ1) is 9.35. The van der Waals surface area contributed by atoms with Gasteiger partial charge in [0, 0.05) is 18.1 Å². The monoisotopic (exact) mass is 205 g/mol. The van der Waals surface area contributed by atoms with Gasteiger partial charge in [0.05, 0.1) is 0 Å². The van der Waals surface area contributed by atoms with Crippen LogP contribution in [0.5, 0.6) is 0 Å². The van der Waals surface area contributed by atoms with E-state index < -0.39 is 0 Å². The van der Waals surface area contributed by atoms with Crippen molar-refractivity contribution >= 4 is 11.6 Å². The molecule has 0 N–H and O–H groups in total. The van der Waals surface area contributed by atoms with Crippen LogP contribution in [0.15, 0.2) is 48.7 Å². The Hall–Kier alpha value is -1.21. The molecule has 0 saturated heterocycles. The average molecular weight is 206 g/mol. The third-order valence-electron chi connectivity index (χ3n) is 2.16. The Bertz CT molecular complexity index is 368.